The minimum atomic E-state index is -3.73. The van der Waals surface area contributed by atoms with Crippen molar-refractivity contribution >= 4 is 61.1 Å². The van der Waals surface area contributed by atoms with Crippen LogP contribution in [-0.2, 0) is 18.3 Å². The van der Waals surface area contributed by atoms with Gasteiger partial charge in [0, 0.05) is 31.8 Å². The molecule has 9 aromatic carbocycles. The van der Waals surface area contributed by atoms with E-state index in [2.05, 4.69) is 19.7 Å². The van der Waals surface area contributed by atoms with E-state index in [9.17, 15) is 13.7 Å². The lowest BCUT2D eigenvalue weighted by molar-refractivity contribution is 0.494. The molecule has 3 atom stereocenters. The van der Waals surface area contributed by atoms with Crippen LogP contribution in [0, 0.1) is 0 Å². The minimum absolute atomic E-state index is 0.0955. The molecule has 0 fully saturated rings. The third kappa shape index (κ3) is 11.3. The lowest BCUT2D eigenvalue weighted by Gasteiger charge is -2.23. The number of rotatable bonds is 21. The van der Waals surface area contributed by atoms with Crippen molar-refractivity contribution in [3.8, 4) is 50.6 Å². The summed E-state index contributed by atoms with van der Waals surface area (Å²) in [4.78, 5) is 0. The first-order chi connectivity index (χ1) is 35.9. The predicted octanol–water partition coefficient (Wildman–Crippen LogP) is 14.8. The van der Waals surface area contributed by atoms with Crippen LogP contribution in [0.5, 0.6) is 17.2 Å². The molecule has 0 aliphatic carbocycles. The van der Waals surface area contributed by atoms with Crippen LogP contribution in [0.25, 0.3) is 33.4 Å². The summed E-state index contributed by atoms with van der Waals surface area (Å²) in [7, 11) is -14.2. The second-order valence-corrected chi connectivity index (χ2v) is 27.5. The highest BCUT2D eigenvalue weighted by atomic mass is 31.2. The molecule has 3 unspecified atom stereocenters. The van der Waals surface area contributed by atoms with Crippen LogP contribution >= 0.6 is 29.2 Å². The molecular weight excluding hydrogens is 993 g/mol. The van der Waals surface area contributed by atoms with E-state index < -0.39 is 29.2 Å². The van der Waals surface area contributed by atoms with Gasteiger partial charge in [-0.05, 0) is 143 Å². The molecular formula is C63H54O7P4. The van der Waals surface area contributed by atoms with Gasteiger partial charge in [-0.1, -0.05) is 146 Å². The van der Waals surface area contributed by atoms with Gasteiger partial charge >= 0.3 is 0 Å². The van der Waals surface area contributed by atoms with E-state index >= 15 is 4.57 Å². The Labute approximate surface area is 434 Å². The van der Waals surface area contributed by atoms with Crippen molar-refractivity contribution in [2.75, 3.05) is 18.5 Å². The summed E-state index contributed by atoms with van der Waals surface area (Å²) in [5.74, 6) is 0.985. The molecule has 0 aliphatic heterocycles. The fourth-order valence-corrected chi connectivity index (χ4v) is 16.7. The molecule has 0 saturated heterocycles. The Bertz CT molecular complexity index is 3190. The molecule has 7 nitrogen and oxygen atoms in total. The van der Waals surface area contributed by atoms with Crippen LogP contribution in [0.2, 0.25) is 0 Å². The van der Waals surface area contributed by atoms with Crippen molar-refractivity contribution in [3.63, 3.8) is 0 Å². The van der Waals surface area contributed by atoms with Crippen molar-refractivity contribution in [3.05, 3.63) is 275 Å². The van der Waals surface area contributed by atoms with Gasteiger partial charge < -0.3 is 18.1 Å². The Hall–Kier alpha value is -7.48. The monoisotopic (exact) mass is 1050 g/mol. The van der Waals surface area contributed by atoms with Crippen molar-refractivity contribution in [2.24, 2.45) is 0 Å². The fourth-order valence-electron chi connectivity index (χ4n) is 8.74. The first-order valence-corrected chi connectivity index (χ1v) is 31.2. The standard InChI is InChI=1S/C63H54O7P4/c1-4-46-71(64,58-34-22-52(23-35-58)49-16-10-7-11-17-49)68-55-28-40-61(41-29-55)74(67,62-42-30-56(31-43-62)69-72(65,47-5-2)59-36-24-53(25-37-59)50-18-12-8-13-19-50)63-44-32-57(33-45-63)70-73(66,48-6-3)60-38-26-54(27-39-60)51-20-14-9-15-21-51/h4-45H,1-3,46-48H2. The maximum absolute atomic E-state index is 16.1. The summed E-state index contributed by atoms with van der Waals surface area (Å²) >= 11 is 0. The summed E-state index contributed by atoms with van der Waals surface area (Å²) in [5, 5.41) is 3.01. The average Bonchev–Trinajstić information content (AvgIpc) is 3.44. The molecule has 0 aliphatic rings. The van der Waals surface area contributed by atoms with Crippen LogP contribution < -0.4 is 45.4 Å². The first kappa shape index (κ1) is 51.4. The maximum Gasteiger partial charge on any atom is 0.280 e. The highest BCUT2D eigenvalue weighted by molar-refractivity contribution is 7.85. The van der Waals surface area contributed by atoms with Crippen molar-refractivity contribution < 1.29 is 31.8 Å². The van der Waals surface area contributed by atoms with Crippen LogP contribution in [0.15, 0.2) is 275 Å². The SMILES string of the molecule is C=CCP(=O)(Oc1ccc(P(=O)(c2ccc(OP(=O)(CC=C)c3ccc(-c4ccccc4)cc3)cc2)c2ccc(OP(=O)(CC=C)c3ccc(-c4ccccc4)cc3)cc2)cc1)c1ccc(-c2ccccc2)cc1. The van der Waals surface area contributed by atoms with Crippen LogP contribution in [0.1, 0.15) is 0 Å². The lowest BCUT2D eigenvalue weighted by Crippen LogP contribution is -2.25. The second-order valence-electron chi connectivity index (χ2n) is 17.5. The van der Waals surface area contributed by atoms with Crippen LogP contribution in [-0.4, -0.2) is 18.5 Å². The molecule has 0 saturated carbocycles. The van der Waals surface area contributed by atoms with Gasteiger partial charge in [0.2, 0.25) is 0 Å². The quantitative estimate of drug-likeness (QED) is 0.0522. The van der Waals surface area contributed by atoms with Gasteiger partial charge in [-0.25, -0.2) is 0 Å². The Morgan fingerprint density at radius 3 is 0.689 bits per heavy atom. The first-order valence-electron chi connectivity index (χ1n) is 24.0. The zero-order valence-electron chi connectivity index (χ0n) is 40.6. The number of allylic oxidation sites excluding steroid dienone is 3. The van der Waals surface area contributed by atoms with E-state index in [1.165, 1.54) is 0 Å². The summed E-state index contributed by atoms with van der Waals surface area (Å²) in [6, 6.07) is 72.7. The molecule has 11 heteroatoms. The maximum atomic E-state index is 16.1. The topological polar surface area (TPSA) is 96.0 Å². The fraction of sp³-hybridized carbons (Fsp3) is 0.0476. The number of benzene rings is 9. The van der Waals surface area contributed by atoms with E-state index in [1.54, 1.807) is 91.0 Å². The van der Waals surface area contributed by atoms with Crippen LogP contribution in [0.4, 0.5) is 0 Å². The van der Waals surface area contributed by atoms with E-state index in [4.69, 9.17) is 13.6 Å². The summed E-state index contributed by atoms with van der Waals surface area (Å²) < 4.78 is 78.9. The van der Waals surface area contributed by atoms with Crippen LogP contribution in [0.3, 0.4) is 0 Å². The molecule has 368 valence electrons. The molecule has 0 heterocycles. The van der Waals surface area contributed by atoms with Gasteiger partial charge in [0.25, 0.3) is 22.1 Å². The van der Waals surface area contributed by atoms with Gasteiger partial charge in [-0.2, -0.15) is 0 Å². The van der Waals surface area contributed by atoms with Gasteiger partial charge in [-0.15, -0.1) is 19.7 Å². The second kappa shape index (κ2) is 22.7. The van der Waals surface area contributed by atoms with Crippen molar-refractivity contribution in [1.82, 2.24) is 0 Å². The zero-order valence-corrected chi connectivity index (χ0v) is 44.2. The Morgan fingerprint density at radius 1 is 0.270 bits per heavy atom. The summed E-state index contributed by atoms with van der Waals surface area (Å²) in [6.45, 7) is 11.6. The normalized spacial score (nSPS) is 14.4. The zero-order chi connectivity index (χ0) is 51.6. The van der Waals surface area contributed by atoms with E-state index in [-0.39, 0.29) is 18.5 Å². The lowest BCUT2D eigenvalue weighted by atomic mass is 10.1. The number of hydrogen-bond acceptors (Lipinski definition) is 7. The summed E-state index contributed by atoms with van der Waals surface area (Å²) in [6.07, 6.45) is 5.05. The molecule has 0 bridgehead atoms. The average molecular weight is 1050 g/mol. The molecule has 0 N–H and O–H groups in total. The minimum Gasteiger partial charge on any atom is -0.440 e. The predicted molar refractivity (Wildman–Crippen MR) is 310 cm³/mol. The van der Waals surface area contributed by atoms with Gasteiger partial charge in [0.1, 0.15) is 17.2 Å². The third-order valence-corrected chi connectivity index (χ3v) is 22.6. The Morgan fingerprint density at radius 2 is 0.473 bits per heavy atom. The molecule has 0 radical (unpaired) electrons. The largest absolute Gasteiger partial charge is 0.440 e. The van der Waals surface area contributed by atoms with E-state index in [1.807, 2.05) is 164 Å². The molecule has 0 aromatic heterocycles. The van der Waals surface area contributed by atoms with Crippen molar-refractivity contribution in [2.45, 2.75) is 0 Å². The highest BCUT2D eigenvalue weighted by Gasteiger charge is 2.33. The van der Waals surface area contributed by atoms with Gasteiger partial charge in [-0.3, -0.25) is 13.7 Å². The highest BCUT2D eigenvalue weighted by Crippen LogP contribution is 2.51. The Kier molecular flexibility index (Phi) is 15.8. The molecule has 0 spiro atoms. The molecule has 74 heavy (non-hydrogen) atoms. The third-order valence-electron chi connectivity index (χ3n) is 12.6. The Balaban J connectivity index is 1.03. The van der Waals surface area contributed by atoms with E-state index in [0.717, 1.165) is 33.4 Å². The smallest absolute Gasteiger partial charge is 0.280 e. The molecule has 0 amide bonds. The van der Waals surface area contributed by atoms with Crippen molar-refractivity contribution in [1.29, 1.82) is 0 Å². The molecule has 9 rings (SSSR count). The van der Waals surface area contributed by atoms with E-state index in [0.29, 0.717) is 49.1 Å². The van der Waals surface area contributed by atoms with Gasteiger partial charge in [0.15, 0.2) is 7.14 Å². The number of hydrogen-bond donors (Lipinski definition) is 0. The summed E-state index contributed by atoms with van der Waals surface area (Å²) in [5.41, 5.74) is 6.07. The van der Waals surface area contributed by atoms with Gasteiger partial charge in [0.05, 0.1) is 18.5 Å². The molecule has 9 aromatic rings.